The molecule has 0 aromatic heterocycles. The molecular formula is C16H27NO2. The molecule has 1 aromatic carbocycles. The quantitative estimate of drug-likeness (QED) is 0.624. The van der Waals surface area contributed by atoms with E-state index in [1.807, 2.05) is 6.92 Å². The molecule has 0 bridgehead atoms. The van der Waals surface area contributed by atoms with Gasteiger partial charge in [-0.3, -0.25) is 0 Å². The van der Waals surface area contributed by atoms with Crippen molar-refractivity contribution in [1.82, 2.24) is 5.32 Å². The molecule has 108 valence electrons. The highest BCUT2D eigenvalue weighted by atomic mass is 16.5. The lowest BCUT2D eigenvalue weighted by molar-refractivity contribution is 0.130. The number of nitrogens with one attached hydrogen (secondary N) is 1. The Balaban J connectivity index is 2.35. The average molecular weight is 265 g/mol. The van der Waals surface area contributed by atoms with E-state index in [1.165, 1.54) is 5.56 Å². The molecule has 1 rings (SSSR count). The van der Waals surface area contributed by atoms with E-state index >= 15 is 0 Å². The highest BCUT2D eigenvalue weighted by molar-refractivity contribution is 5.15. The van der Waals surface area contributed by atoms with Crippen LogP contribution in [0.5, 0.6) is 0 Å². The summed E-state index contributed by atoms with van der Waals surface area (Å²) in [5, 5.41) is 3.45. The summed E-state index contributed by atoms with van der Waals surface area (Å²) >= 11 is 0. The molecule has 1 atom stereocenters. The zero-order valence-electron chi connectivity index (χ0n) is 12.2. The number of hydrogen-bond donors (Lipinski definition) is 1. The molecule has 0 saturated carbocycles. The number of benzene rings is 1. The maximum atomic E-state index is 5.48. The Morgan fingerprint density at radius 1 is 1.16 bits per heavy atom. The Morgan fingerprint density at radius 2 is 1.95 bits per heavy atom. The number of methoxy groups -OCH3 is 1. The van der Waals surface area contributed by atoms with Gasteiger partial charge in [0, 0.05) is 26.9 Å². The van der Waals surface area contributed by atoms with Crippen molar-refractivity contribution in [1.29, 1.82) is 0 Å². The summed E-state index contributed by atoms with van der Waals surface area (Å²) in [6.45, 7) is 6.39. The topological polar surface area (TPSA) is 30.5 Å². The fraction of sp³-hybridized carbons (Fsp3) is 0.625. The predicted octanol–water partition coefficient (Wildman–Crippen LogP) is 2.51. The maximum Gasteiger partial charge on any atom is 0.0587 e. The van der Waals surface area contributed by atoms with Crippen molar-refractivity contribution < 1.29 is 9.47 Å². The van der Waals surface area contributed by atoms with Crippen molar-refractivity contribution in [2.45, 2.75) is 19.8 Å². The molecule has 1 unspecified atom stereocenters. The molecule has 19 heavy (non-hydrogen) atoms. The first-order valence-corrected chi connectivity index (χ1v) is 7.18. The van der Waals surface area contributed by atoms with Gasteiger partial charge < -0.3 is 14.8 Å². The zero-order chi connectivity index (χ0) is 13.8. The van der Waals surface area contributed by atoms with Gasteiger partial charge in [0.25, 0.3) is 0 Å². The number of hydrogen-bond acceptors (Lipinski definition) is 3. The fourth-order valence-corrected chi connectivity index (χ4v) is 2.10. The molecule has 1 aromatic rings. The van der Waals surface area contributed by atoms with Gasteiger partial charge in [0.2, 0.25) is 0 Å². The zero-order valence-corrected chi connectivity index (χ0v) is 12.2. The standard InChI is InChI=1S/C16H27NO2/c1-3-19-11-9-16(14-17-10-12-18-2)13-15-7-5-4-6-8-15/h4-8,16-17H,3,9-14H2,1-2H3. The van der Waals surface area contributed by atoms with Gasteiger partial charge in [0.15, 0.2) is 0 Å². The number of rotatable bonds is 11. The van der Waals surface area contributed by atoms with E-state index in [9.17, 15) is 0 Å². The summed E-state index contributed by atoms with van der Waals surface area (Å²) in [7, 11) is 1.73. The SMILES string of the molecule is CCOCCC(CNCCOC)Cc1ccccc1. The van der Waals surface area contributed by atoms with Crippen LogP contribution in [0.1, 0.15) is 18.9 Å². The first-order valence-electron chi connectivity index (χ1n) is 7.18. The lowest BCUT2D eigenvalue weighted by atomic mass is 9.96. The molecular weight excluding hydrogens is 238 g/mol. The smallest absolute Gasteiger partial charge is 0.0587 e. The van der Waals surface area contributed by atoms with Crippen LogP contribution in [0, 0.1) is 5.92 Å². The predicted molar refractivity (Wildman–Crippen MR) is 79.5 cm³/mol. The molecule has 0 amide bonds. The van der Waals surface area contributed by atoms with Gasteiger partial charge in [0.05, 0.1) is 6.61 Å². The summed E-state index contributed by atoms with van der Waals surface area (Å²) in [4.78, 5) is 0. The molecule has 0 aliphatic rings. The van der Waals surface area contributed by atoms with Crippen molar-refractivity contribution in [3.05, 3.63) is 35.9 Å². The van der Waals surface area contributed by atoms with Gasteiger partial charge in [-0.2, -0.15) is 0 Å². The second-order valence-electron chi connectivity index (χ2n) is 4.74. The largest absolute Gasteiger partial charge is 0.383 e. The van der Waals surface area contributed by atoms with Crippen LogP contribution in [0.2, 0.25) is 0 Å². The average Bonchev–Trinajstić information content (AvgIpc) is 2.44. The molecule has 0 aliphatic carbocycles. The van der Waals surface area contributed by atoms with Gasteiger partial charge in [0.1, 0.15) is 0 Å². The van der Waals surface area contributed by atoms with Crippen molar-refractivity contribution >= 4 is 0 Å². The maximum absolute atomic E-state index is 5.48. The summed E-state index contributed by atoms with van der Waals surface area (Å²) < 4.78 is 10.5. The van der Waals surface area contributed by atoms with E-state index in [1.54, 1.807) is 7.11 Å². The molecule has 0 heterocycles. The molecule has 3 heteroatoms. The van der Waals surface area contributed by atoms with Crippen LogP contribution in [0.15, 0.2) is 30.3 Å². The van der Waals surface area contributed by atoms with Crippen molar-refractivity contribution in [3.8, 4) is 0 Å². The van der Waals surface area contributed by atoms with Gasteiger partial charge in [-0.15, -0.1) is 0 Å². The molecule has 1 N–H and O–H groups in total. The van der Waals surface area contributed by atoms with E-state index in [2.05, 4.69) is 35.6 Å². The van der Waals surface area contributed by atoms with Crippen LogP contribution >= 0.6 is 0 Å². The lowest BCUT2D eigenvalue weighted by Crippen LogP contribution is -2.28. The van der Waals surface area contributed by atoms with E-state index in [4.69, 9.17) is 9.47 Å². The second-order valence-corrected chi connectivity index (χ2v) is 4.74. The summed E-state index contributed by atoms with van der Waals surface area (Å²) in [5.74, 6) is 0.616. The normalized spacial score (nSPS) is 12.5. The first kappa shape index (κ1) is 16.2. The van der Waals surface area contributed by atoms with Crippen LogP contribution < -0.4 is 5.32 Å². The minimum atomic E-state index is 0.616. The van der Waals surface area contributed by atoms with Crippen molar-refractivity contribution in [2.24, 2.45) is 5.92 Å². The number of ether oxygens (including phenoxy) is 2. The van der Waals surface area contributed by atoms with Crippen LogP contribution in [0.3, 0.4) is 0 Å². The summed E-state index contributed by atoms with van der Waals surface area (Å²) in [6, 6.07) is 10.7. The van der Waals surface area contributed by atoms with Crippen LogP contribution in [-0.2, 0) is 15.9 Å². The highest BCUT2D eigenvalue weighted by Crippen LogP contribution is 2.12. The third-order valence-corrected chi connectivity index (χ3v) is 3.16. The second kappa shape index (κ2) is 11.0. The highest BCUT2D eigenvalue weighted by Gasteiger charge is 2.09. The monoisotopic (exact) mass is 265 g/mol. The Hall–Kier alpha value is -0.900. The van der Waals surface area contributed by atoms with E-state index in [0.717, 1.165) is 45.8 Å². The van der Waals surface area contributed by atoms with Crippen LogP contribution in [-0.4, -0.2) is 40.0 Å². The van der Waals surface area contributed by atoms with Crippen molar-refractivity contribution in [2.75, 3.05) is 40.0 Å². The Bertz CT molecular complexity index is 303. The first-order chi connectivity index (χ1) is 9.36. The minimum absolute atomic E-state index is 0.616. The third kappa shape index (κ3) is 7.98. The van der Waals surface area contributed by atoms with E-state index in [0.29, 0.717) is 5.92 Å². The molecule has 0 aliphatic heterocycles. The van der Waals surface area contributed by atoms with Gasteiger partial charge in [-0.1, -0.05) is 30.3 Å². The Kier molecular flexibility index (Phi) is 9.33. The van der Waals surface area contributed by atoms with Gasteiger partial charge >= 0.3 is 0 Å². The Morgan fingerprint density at radius 3 is 2.63 bits per heavy atom. The third-order valence-electron chi connectivity index (χ3n) is 3.16. The van der Waals surface area contributed by atoms with Crippen LogP contribution in [0.25, 0.3) is 0 Å². The molecule has 0 fully saturated rings. The Labute approximate surface area is 117 Å². The summed E-state index contributed by atoms with van der Waals surface area (Å²) in [5.41, 5.74) is 1.40. The molecule has 3 nitrogen and oxygen atoms in total. The molecule has 0 radical (unpaired) electrons. The van der Waals surface area contributed by atoms with E-state index < -0.39 is 0 Å². The minimum Gasteiger partial charge on any atom is -0.383 e. The fourth-order valence-electron chi connectivity index (χ4n) is 2.10. The summed E-state index contributed by atoms with van der Waals surface area (Å²) in [6.07, 6.45) is 2.20. The molecule has 0 spiro atoms. The van der Waals surface area contributed by atoms with Gasteiger partial charge in [-0.25, -0.2) is 0 Å². The lowest BCUT2D eigenvalue weighted by Gasteiger charge is -2.17. The van der Waals surface area contributed by atoms with Crippen LogP contribution in [0.4, 0.5) is 0 Å². The van der Waals surface area contributed by atoms with Crippen molar-refractivity contribution in [3.63, 3.8) is 0 Å². The molecule has 0 saturated heterocycles. The van der Waals surface area contributed by atoms with Gasteiger partial charge in [-0.05, 0) is 37.8 Å². The van der Waals surface area contributed by atoms with E-state index in [-0.39, 0.29) is 0 Å².